The molecule has 0 saturated carbocycles. The Kier molecular flexibility index (Phi) is 4.38. The van der Waals surface area contributed by atoms with Gasteiger partial charge in [0.1, 0.15) is 0 Å². The van der Waals surface area contributed by atoms with Crippen molar-refractivity contribution in [3.63, 3.8) is 0 Å². The molecule has 1 atom stereocenters. The maximum Gasteiger partial charge on any atom is 0.0454 e. The molecule has 2 rings (SSSR count). The van der Waals surface area contributed by atoms with Gasteiger partial charge in [-0.1, -0.05) is 33.6 Å². The summed E-state index contributed by atoms with van der Waals surface area (Å²) in [5, 5.41) is 0.692. The first-order valence-electron chi connectivity index (χ1n) is 5.68. The van der Waals surface area contributed by atoms with Crippen molar-refractivity contribution >= 4 is 27.5 Å². The van der Waals surface area contributed by atoms with Gasteiger partial charge in [0.15, 0.2) is 0 Å². The third-order valence-electron chi connectivity index (χ3n) is 2.76. The van der Waals surface area contributed by atoms with E-state index in [1.54, 1.807) is 0 Å². The minimum atomic E-state index is -0.148. The summed E-state index contributed by atoms with van der Waals surface area (Å²) in [4.78, 5) is 4.36. The van der Waals surface area contributed by atoms with Crippen molar-refractivity contribution in [1.29, 1.82) is 0 Å². The molecule has 0 amide bonds. The van der Waals surface area contributed by atoms with Gasteiger partial charge in [-0.15, -0.1) is 0 Å². The molecule has 0 spiro atoms. The maximum absolute atomic E-state index is 6.19. The first-order valence-corrected chi connectivity index (χ1v) is 6.85. The molecular weight excluding hydrogens is 312 g/mol. The molecule has 1 heterocycles. The minimum absolute atomic E-state index is 0.148. The third-order valence-corrected chi connectivity index (χ3v) is 3.60. The SMILES string of the molecule is Cc1ccc(CC(N)c2cc(Br)ccc2Cl)nc1. The highest BCUT2D eigenvalue weighted by molar-refractivity contribution is 9.10. The van der Waals surface area contributed by atoms with Crippen molar-refractivity contribution in [3.8, 4) is 0 Å². The van der Waals surface area contributed by atoms with Crippen LogP contribution in [0.5, 0.6) is 0 Å². The van der Waals surface area contributed by atoms with Crippen molar-refractivity contribution in [2.45, 2.75) is 19.4 Å². The fourth-order valence-corrected chi connectivity index (χ4v) is 2.39. The Balaban J connectivity index is 2.18. The zero-order chi connectivity index (χ0) is 13.1. The summed E-state index contributed by atoms with van der Waals surface area (Å²) >= 11 is 9.59. The fourth-order valence-electron chi connectivity index (χ4n) is 1.75. The van der Waals surface area contributed by atoms with Gasteiger partial charge < -0.3 is 5.73 Å². The summed E-state index contributed by atoms with van der Waals surface area (Å²) in [7, 11) is 0. The van der Waals surface area contributed by atoms with Gasteiger partial charge in [0.05, 0.1) is 0 Å². The van der Waals surface area contributed by atoms with Gasteiger partial charge >= 0.3 is 0 Å². The average Bonchev–Trinajstić information content (AvgIpc) is 2.35. The molecule has 0 aliphatic heterocycles. The van der Waals surface area contributed by atoms with Crippen LogP contribution in [-0.4, -0.2) is 4.98 Å². The Labute approximate surface area is 120 Å². The van der Waals surface area contributed by atoms with Crippen molar-refractivity contribution in [2.75, 3.05) is 0 Å². The van der Waals surface area contributed by atoms with E-state index in [9.17, 15) is 0 Å². The molecule has 1 unspecified atom stereocenters. The Bertz CT molecular complexity index is 540. The second kappa shape index (κ2) is 5.83. The molecule has 18 heavy (non-hydrogen) atoms. The van der Waals surface area contributed by atoms with Crippen molar-refractivity contribution in [3.05, 3.63) is 62.8 Å². The smallest absolute Gasteiger partial charge is 0.0454 e. The van der Waals surface area contributed by atoms with Crippen LogP contribution >= 0.6 is 27.5 Å². The standard InChI is InChI=1S/C14H14BrClN2/c1-9-2-4-11(18-8-9)7-14(17)12-6-10(15)3-5-13(12)16/h2-6,8,14H,7,17H2,1H3. The van der Waals surface area contributed by atoms with Crippen LogP contribution in [0.1, 0.15) is 22.9 Å². The molecule has 0 aliphatic rings. The summed E-state index contributed by atoms with van der Waals surface area (Å²) in [5.74, 6) is 0. The van der Waals surface area contributed by atoms with E-state index in [2.05, 4.69) is 20.9 Å². The number of halogens is 2. The Hall–Kier alpha value is -0.900. The predicted molar refractivity (Wildman–Crippen MR) is 78.8 cm³/mol. The van der Waals surface area contributed by atoms with Crippen LogP contribution in [0, 0.1) is 6.92 Å². The van der Waals surface area contributed by atoms with Crippen LogP contribution in [0.3, 0.4) is 0 Å². The summed E-state index contributed by atoms with van der Waals surface area (Å²) < 4.78 is 0.981. The number of hydrogen-bond donors (Lipinski definition) is 1. The first-order chi connectivity index (χ1) is 8.56. The summed E-state index contributed by atoms with van der Waals surface area (Å²) in [6, 6.07) is 9.61. The highest BCUT2D eigenvalue weighted by atomic mass is 79.9. The molecule has 2 nitrogen and oxygen atoms in total. The number of nitrogens with zero attached hydrogens (tertiary/aromatic N) is 1. The minimum Gasteiger partial charge on any atom is -0.324 e. The number of aromatic nitrogens is 1. The zero-order valence-corrected chi connectivity index (χ0v) is 12.4. The van der Waals surface area contributed by atoms with Crippen molar-refractivity contribution in [1.82, 2.24) is 4.98 Å². The lowest BCUT2D eigenvalue weighted by Crippen LogP contribution is -2.14. The van der Waals surface area contributed by atoms with E-state index in [1.807, 2.05) is 43.5 Å². The Morgan fingerprint density at radius 3 is 2.78 bits per heavy atom. The molecule has 1 aromatic carbocycles. The Morgan fingerprint density at radius 2 is 2.11 bits per heavy atom. The van der Waals surface area contributed by atoms with E-state index in [4.69, 9.17) is 17.3 Å². The van der Waals surface area contributed by atoms with Crippen LogP contribution in [-0.2, 0) is 6.42 Å². The van der Waals surface area contributed by atoms with Crippen molar-refractivity contribution in [2.24, 2.45) is 5.73 Å². The molecule has 0 bridgehead atoms. The van der Waals surface area contributed by atoms with E-state index in [0.29, 0.717) is 11.4 Å². The lowest BCUT2D eigenvalue weighted by Gasteiger charge is -2.14. The summed E-state index contributed by atoms with van der Waals surface area (Å²) in [6.45, 7) is 2.02. The van der Waals surface area contributed by atoms with Gasteiger partial charge in [-0.05, 0) is 42.3 Å². The third kappa shape index (κ3) is 3.31. The molecule has 94 valence electrons. The van der Waals surface area contributed by atoms with Crippen molar-refractivity contribution < 1.29 is 0 Å². The highest BCUT2D eigenvalue weighted by Crippen LogP contribution is 2.27. The van der Waals surface area contributed by atoms with E-state index >= 15 is 0 Å². The molecule has 0 aliphatic carbocycles. The molecular formula is C14H14BrClN2. The van der Waals surface area contributed by atoms with Gasteiger partial charge in [-0.3, -0.25) is 4.98 Å². The van der Waals surface area contributed by atoms with Crippen LogP contribution in [0.15, 0.2) is 41.0 Å². The van der Waals surface area contributed by atoms with Crippen LogP contribution in [0.4, 0.5) is 0 Å². The highest BCUT2D eigenvalue weighted by Gasteiger charge is 2.12. The lowest BCUT2D eigenvalue weighted by molar-refractivity contribution is 0.706. The maximum atomic E-state index is 6.19. The van der Waals surface area contributed by atoms with Crippen LogP contribution < -0.4 is 5.73 Å². The largest absolute Gasteiger partial charge is 0.324 e. The van der Waals surface area contributed by atoms with E-state index in [-0.39, 0.29) is 6.04 Å². The van der Waals surface area contributed by atoms with Gasteiger partial charge in [0.2, 0.25) is 0 Å². The molecule has 4 heteroatoms. The molecule has 1 aromatic heterocycles. The number of hydrogen-bond acceptors (Lipinski definition) is 2. The van der Waals surface area contributed by atoms with E-state index in [0.717, 1.165) is 21.3 Å². The summed E-state index contributed by atoms with van der Waals surface area (Å²) in [5.41, 5.74) is 9.25. The first kappa shape index (κ1) is 13.5. The molecule has 0 radical (unpaired) electrons. The number of nitrogens with two attached hydrogens (primary N) is 1. The normalized spacial score (nSPS) is 12.4. The van der Waals surface area contributed by atoms with Crippen LogP contribution in [0.25, 0.3) is 0 Å². The zero-order valence-electron chi connectivity index (χ0n) is 10.0. The predicted octanol–water partition coefficient (Wildman–Crippen LogP) is 4.05. The topological polar surface area (TPSA) is 38.9 Å². The second-order valence-electron chi connectivity index (χ2n) is 4.30. The quantitative estimate of drug-likeness (QED) is 0.924. The molecule has 2 aromatic rings. The van der Waals surface area contributed by atoms with Crippen LogP contribution in [0.2, 0.25) is 5.02 Å². The average molecular weight is 326 g/mol. The molecule has 0 saturated heterocycles. The number of aryl methyl sites for hydroxylation is 1. The molecule has 0 fully saturated rings. The number of pyridine rings is 1. The number of benzene rings is 1. The summed E-state index contributed by atoms with van der Waals surface area (Å²) in [6.07, 6.45) is 2.53. The number of rotatable bonds is 3. The van der Waals surface area contributed by atoms with E-state index < -0.39 is 0 Å². The lowest BCUT2D eigenvalue weighted by atomic mass is 10.0. The van der Waals surface area contributed by atoms with Gasteiger partial charge in [-0.25, -0.2) is 0 Å². The van der Waals surface area contributed by atoms with Gasteiger partial charge in [-0.2, -0.15) is 0 Å². The van der Waals surface area contributed by atoms with E-state index in [1.165, 1.54) is 0 Å². The Morgan fingerprint density at radius 1 is 1.33 bits per heavy atom. The van der Waals surface area contributed by atoms with Gasteiger partial charge in [0, 0.05) is 33.8 Å². The second-order valence-corrected chi connectivity index (χ2v) is 5.63. The monoisotopic (exact) mass is 324 g/mol. The fraction of sp³-hybridized carbons (Fsp3) is 0.214. The van der Waals surface area contributed by atoms with Gasteiger partial charge in [0.25, 0.3) is 0 Å². The molecule has 2 N–H and O–H groups in total.